The van der Waals surface area contributed by atoms with Gasteiger partial charge in [-0.25, -0.2) is 8.42 Å². The maximum atomic E-state index is 12.1. The van der Waals surface area contributed by atoms with Crippen molar-refractivity contribution >= 4 is 9.84 Å². The molecule has 0 heterocycles. The third kappa shape index (κ3) is 2.83. The van der Waals surface area contributed by atoms with E-state index in [1.165, 1.54) is 0 Å². The van der Waals surface area contributed by atoms with E-state index in [9.17, 15) is 8.42 Å². The van der Waals surface area contributed by atoms with Crippen molar-refractivity contribution in [2.75, 3.05) is 0 Å². The second kappa shape index (κ2) is 5.66. The molecule has 0 aliphatic carbocycles. The average Bonchev–Trinajstić information content (AvgIpc) is 2.31. The van der Waals surface area contributed by atoms with Crippen molar-refractivity contribution in [1.29, 1.82) is 0 Å². The van der Waals surface area contributed by atoms with E-state index in [-0.39, 0.29) is 0 Å². The molecule has 1 rings (SSSR count). The first-order chi connectivity index (χ1) is 7.62. The summed E-state index contributed by atoms with van der Waals surface area (Å²) in [6.45, 7) is 3.70. The molecule has 0 bridgehead atoms. The van der Waals surface area contributed by atoms with Crippen LogP contribution in [0.4, 0.5) is 0 Å². The summed E-state index contributed by atoms with van der Waals surface area (Å²) in [6, 6.07) is 8.47. The Hall–Kier alpha value is -1.35. The van der Waals surface area contributed by atoms with Crippen molar-refractivity contribution in [3.63, 3.8) is 0 Å². The van der Waals surface area contributed by atoms with Crippen molar-refractivity contribution < 1.29 is 8.42 Å². The molecule has 0 atom stereocenters. The largest absolute Gasteiger partial charge is 0.219 e. The first-order valence-corrected chi connectivity index (χ1v) is 6.74. The molecule has 86 valence electrons. The Kier molecular flexibility index (Phi) is 4.50. The standard InChI is InChI=1S/C13H16O2S/c1-3-5-9-12(4-2)16(14,15)13-10-7-6-8-11-13/h4-11H,3H2,1-2H3/b9-5-,12-4+. The quantitative estimate of drug-likeness (QED) is 0.751. The Balaban J connectivity index is 3.16. The predicted molar refractivity (Wildman–Crippen MR) is 66.8 cm³/mol. The minimum Gasteiger partial charge on any atom is -0.219 e. The van der Waals surface area contributed by atoms with Gasteiger partial charge in [0.15, 0.2) is 0 Å². The highest BCUT2D eigenvalue weighted by atomic mass is 32.2. The fraction of sp³-hybridized carbons (Fsp3) is 0.231. The number of rotatable bonds is 4. The van der Waals surface area contributed by atoms with Gasteiger partial charge in [0.05, 0.1) is 9.80 Å². The molecule has 0 N–H and O–H groups in total. The predicted octanol–water partition coefficient (Wildman–Crippen LogP) is 3.33. The number of hydrogen-bond donors (Lipinski definition) is 0. The normalized spacial score (nSPS) is 13.2. The topological polar surface area (TPSA) is 34.1 Å². The molecule has 0 aromatic heterocycles. The minimum absolute atomic E-state index is 0.337. The zero-order valence-electron chi connectivity index (χ0n) is 9.55. The van der Waals surface area contributed by atoms with Gasteiger partial charge >= 0.3 is 0 Å². The van der Waals surface area contributed by atoms with E-state index in [1.807, 2.05) is 13.0 Å². The van der Waals surface area contributed by atoms with E-state index in [2.05, 4.69) is 0 Å². The van der Waals surface area contributed by atoms with Gasteiger partial charge in [0.25, 0.3) is 0 Å². The summed E-state index contributed by atoms with van der Waals surface area (Å²) < 4.78 is 24.3. The highest BCUT2D eigenvalue weighted by molar-refractivity contribution is 7.95. The van der Waals surface area contributed by atoms with Crippen LogP contribution in [0.15, 0.2) is 58.4 Å². The highest BCUT2D eigenvalue weighted by Gasteiger charge is 2.16. The number of benzene rings is 1. The first kappa shape index (κ1) is 12.7. The van der Waals surface area contributed by atoms with Gasteiger partial charge in [0, 0.05) is 0 Å². The molecule has 1 aromatic carbocycles. The molecule has 0 saturated carbocycles. The van der Waals surface area contributed by atoms with Crippen LogP contribution in [0.2, 0.25) is 0 Å². The van der Waals surface area contributed by atoms with Crippen molar-refractivity contribution in [2.45, 2.75) is 25.2 Å². The van der Waals surface area contributed by atoms with Crippen LogP contribution in [0.25, 0.3) is 0 Å². The molecule has 0 amide bonds. The summed E-state index contributed by atoms with van der Waals surface area (Å²) in [5.74, 6) is 0. The molecule has 16 heavy (non-hydrogen) atoms. The van der Waals surface area contributed by atoms with Crippen molar-refractivity contribution in [1.82, 2.24) is 0 Å². The van der Waals surface area contributed by atoms with Crippen molar-refractivity contribution in [3.05, 3.63) is 53.5 Å². The van der Waals surface area contributed by atoms with Gasteiger partial charge in [-0.15, -0.1) is 0 Å². The SMILES string of the molecule is C/C=C(\C=C/CC)S(=O)(=O)c1ccccc1. The maximum absolute atomic E-state index is 12.1. The number of allylic oxidation sites excluding steroid dienone is 3. The Labute approximate surface area is 97.2 Å². The fourth-order valence-electron chi connectivity index (χ4n) is 1.31. The van der Waals surface area contributed by atoms with Crippen LogP contribution in [0, 0.1) is 0 Å². The number of sulfone groups is 1. The van der Waals surface area contributed by atoms with Gasteiger partial charge < -0.3 is 0 Å². The molecular weight excluding hydrogens is 220 g/mol. The first-order valence-electron chi connectivity index (χ1n) is 5.26. The van der Waals surface area contributed by atoms with Crippen LogP contribution in [0.3, 0.4) is 0 Å². The Bertz CT molecular complexity index is 482. The molecule has 3 heteroatoms. The second-order valence-corrected chi connectivity index (χ2v) is 5.27. The summed E-state index contributed by atoms with van der Waals surface area (Å²) in [4.78, 5) is 0.685. The summed E-state index contributed by atoms with van der Waals surface area (Å²) in [5.41, 5.74) is 0. The molecule has 0 spiro atoms. The van der Waals surface area contributed by atoms with Gasteiger partial charge in [-0.3, -0.25) is 0 Å². The number of hydrogen-bond acceptors (Lipinski definition) is 2. The van der Waals surface area contributed by atoms with Gasteiger partial charge in [-0.1, -0.05) is 37.3 Å². The molecule has 0 saturated heterocycles. The minimum atomic E-state index is -3.35. The third-order valence-electron chi connectivity index (χ3n) is 2.17. The smallest absolute Gasteiger partial charge is 0.206 e. The summed E-state index contributed by atoms with van der Waals surface area (Å²) >= 11 is 0. The van der Waals surface area contributed by atoms with Gasteiger partial charge in [0.2, 0.25) is 9.84 Å². The molecule has 0 fully saturated rings. The van der Waals surface area contributed by atoms with Crippen LogP contribution >= 0.6 is 0 Å². The second-order valence-electron chi connectivity index (χ2n) is 3.32. The lowest BCUT2D eigenvalue weighted by Gasteiger charge is -2.04. The fourth-order valence-corrected chi connectivity index (χ4v) is 2.68. The lowest BCUT2D eigenvalue weighted by Crippen LogP contribution is -2.02. The van der Waals surface area contributed by atoms with E-state index in [1.54, 1.807) is 49.4 Å². The monoisotopic (exact) mass is 236 g/mol. The van der Waals surface area contributed by atoms with Crippen LogP contribution < -0.4 is 0 Å². The van der Waals surface area contributed by atoms with Crippen molar-refractivity contribution in [2.24, 2.45) is 0 Å². The van der Waals surface area contributed by atoms with E-state index in [0.29, 0.717) is 9.80 Å². The summed E-state index contributed by atoms with van der Waals surface area (Å²) in [7, 11) is -3.35. The molecular formula is C13H16O2S. The zero-order chi connectivity index (χ0) is 12.0. The van der Waals surface area contributed by atoms with E-state index in [0.717, 1.165) is 6.42 Å². The van der Waals surface area contributed by atoms with E-state index < -0.39 is 9.84 Å². The lowest BCUT2D eigenvalue weighted by atomic mass is 10.4. The zero-order valence-corrected chi connectivity index (χ0v) is 10.4. The van der Waals surface area contributed by atoms with Gasteiger partial charge in [0.1, 0.15) is 0 Å². The van der Waals surface area contributed by atoms with Gasteiger partial charge in [-0.05, 0) is 31.6 Å². The summed E-state index contributed by atoms with van der Waals surface area (Å²) in [6.07, 6.45) is 5.94. The highest BCUT2D eigenvalue weighted by Crippen LogP contribution is 2.19. The van der Waals surface area contributed by atoms with Crippen LogP contribution in [-0.2, 0) is 9.84 Å². The van der Waals surface area contributed by atoms with Crippen LogP contribution in [0.5, 0.6) is 0 Å². The Morgan fingerprint density at radius 3 is 2.38 bits per heavy atom. The van der Waals surface area contributed by atoms with E-state index in [4.69, 9.17) is 0 Å². The molecule has 0 unspecified atom stereocenters. The Morgan fingerprint density at radius 2 is 1.88 bits per heavy atom. The average molecular weight is 236 g/mol. The van der Waals surface area contributed by atoms with Crippen LogP contribution in [0.1, 0.15) is 20.3 Å². The maximum Gasteiger partial charge on any atom is 0.206 e. The molecule has 0 aliphatic heterocycles. The van der Waals surface area contributed by atoms with Gasteiger partial charge in [-0.2, -0.15) is 0 Å². The Morgan fingerprint density at radius 1 is 1.25 bits per heavy atom. The molecule has 1 aromatic rings. The van der Waals surface area contributed by atoms with E-state index >= 15 is 0 Å². The molecule has 0 aliphatic rings. The van der Waals surface area contributed by atoms with Crippen molar-refractivity contribution in [3.8, 4) is 0 Å². The molecule has 2 nitrogen and oxygen atoms in total. The summed E-state index contributed by atoms with van der Waals surface area (Å²) in [5, 5.41) is 0. The van der Waals surface area contributed by atoms with Crippen LogP contribution in [-0.4, -0.2) is 8.42 Å². The lowest BCUT2D eigenvalue weighted by molar-refractivity contribution is 0.603. The molecule has 0 radical (unpaired) electrons. The third-order valence-corrected chi connectivity index (χ3v) is 4.05.